The summed E-state index contributed by atoms with van der Waals surface area (Å²) < 4.78 is 5.65. The first-order valence-electron chi connectivity index (χ1n) is 13.0. The number of nitrogens with one attached hydrogen (secondary N) is 2. The van der Waals surface area contributed by atoms with E-state index < -0.39 is 0 Å². The summed E-state index contributed by atoms with van der Waals surface area (Å²) in [5.41, 5.74) is 13.1. The van der Waals surface area contributed by atoms with Crippen molar-refractivity contribution in [3.05, 3.63) is 46.4 Å². The first-order valence-corrected chi connectivity index (χ1v) is 13.0. The minimum absolute atomic E-state index is 0.0766. The molecule has 0 atom stereocenters. The number of nitrogens with two attached hydrogens (primary N) is 1. The van der Waals surface area contributed by atoms with Gasteiger partial charge in [-0.25, -0.2) is 9.97 Å². The van der Waals surface area contributed by atoms with Gasteiger partial charge in [0.1, 0.15) is 5.75 Å². The maximum absolute atomic E-state index is 13.1. The number of rotatable bonds is 7. The fraction of sp³-hybridized carbons (Fsp3) is 0.500. The highest BCUT2D eigenvalue weighted by atomic mass is 16.5. The van der Waals surface area contributed by atoms with Crippen LogP contribution < -0.4 is 21.1 Å². The SMILES string of the molecule is CN=C(C1=C(N)CCc2cnc(Nc3cc(C)c(C(=O)NC4CCN(C)CC4)cc3OC)nc21)C(C)C. The van der Waals surface area contributed by atoms with Crippen molar-refractivity contribution in [3.8, 4) is 5.75 Å². The highest BCUT2D eigenvalue weighted by Crippen LogP contribution is 2.34. The predicted molar refractivity (Wildman–Crippen MR) is 149 cm³/mol. The van der Waals surface area contributed by atoms with E-state index in [1.54, 1.807) is 20.2 Å². The Hall–Kier alpha value is -3.46. The molecule has 1 fully saturated rings. The normalized spacial score (nSPS) is 17.1. The number of fused-ring (bicyclic) bond motifs is 1. The van der Waals surface area contributed by atoms with Gasteiger partial charge in [-0.05, 0) is 81.9 Å². The first kappa shape index (κ1) is 26.6. The summed E-state index contributed by atoms with van der Waals surface area (Å²) in [4.78, 5) is 29.3. The number of aromatic nitrogens is 2. The Labute approximate surface area is 219 Å². The third-order valence-corrected chi connectivity index (χ3v) is 7.22. The van der Waals surface area contributed by atoms with Crippen molar-refractivity contribution < 1.29 is 9.53 Å². The van der Waals surface area contributed by atoms with Gasteiger partial charge in [0.2, 0.25) is 5.95 Å². The van der Waals surface area contributed by atoms with Crippen molar-refractivity contribution >= 4 is 28.8 Å². The fourth-order valence-electron chi connectivity index (χ4n) is 5.09. The number of amides is 1. The van der Waals surface area contributed by atoms with Crippen LogP contribution in [0.25, 0.3) is 5.57 Å². The van der Waals surface area contributed by atoms with E-state index in [1.165, 1.54) is 0 Å². The molecule has 1 aliphatic carbocycles. The smallest absolute Gasteiger partial charge is 0.251 e. The van der Waals surface area contributed by atoms with Crippen molar-refractivity contribution in [1.82, 2.24) is 20.2 Å². The van der Waals surface area contributed by atoms with E-state index in [9.17, 15) is 4.79 Å². The summed E-state index contributed by atoms with van der Waals surface area (Å²) >= 11 is 0. The van der Waals surface area contributed by atoms with Crippen LogP contribution in [0.1, 0.15) is 60.3 Å². The zero-order chi connectivity index (χ0) is 26.7. The van der Waals surface area contributed by atoms with Crippen LogP contribution in [0.2, 0.25) is 0 Å². The third-order valence-electron chi connectivity index (χ3n) is 7.22. The van der Waals surface area contributed by atoms with Crippen LogP contribution in [0.4, 0.5) is 11.6 Å². The van der Waals surface area contributed by atoms with Gasteiger partial charge in [0.05, 0.1) is 18.5 Å². The molecule has 0 radical (unpaired) electrons. The molecule has 4 N–H and O–H groups in total. The Kier molecular flexibility index (Phi) is 8.12. The molecule has 0 spiro atoms. The van der Waals surface area contributed by atoms with Crippen LogP contribution >= 0.6 is 0 Å². The summed E-state index contributed by atoms with van der Waals surface area (Å²) in [6, 6.07) is 3.88. The van der Waals surface area contributed by atoms with Crippen molar-refractivity contribution in [2.75, 3.05) is 39.6 Å². The number of anilines is 2. The Morgan fingerprint density at radius 2 is 1.97 bits per heavy atom. The van der Waals surface area contributed by atoms with Crippen LogP contribution in [0.3, 0.4) is 0 Å². The number of carbonyl (C=O) groups is 1. The Morgan fingerprint density at radius 3 is 2.62 bits per heavy atom. The van der Waals surface area contributed by atoms with Crippen LogP contribution in [0, 0.1) is 12.8 Å². The van der Waals surface area contributed by atoms with E-state index in [1.807, 2.05) is 19.2 Å². The molecular formula is C28H39N7O2. The van der Waals surface area contributed by atoms with Gasteiger partial charge >= 0.3 is 0 Å². The minimum Gasteiger partial charge on any atom is -0.495 e. The molecule has 37 heavy (non-hydrogen) atoms. The summed E-state index contributed by atoms with van der Waals surface area (Å²) in [6.45, 7) is 8.12. The molecule has 0 unspecified atom stereocenters. The molecule has 0 saturated carbocycles. The molecule has 198 valence electrons. The maximum atomic E-state index is 13.1. The first-order chi connectivity index (χ1) is 17.7. The molecule has 0 bridgehead atoms. The molecule has 1 saturated heterocycles. The lowest BCUT2D eigenvalue weighted by molar-refractivity contribution is 0.0916. The van der Waals surface area contributed by atoms with E-state index in [2.05, 4.69) is 46.4 Å². The summed E-state index contributed by atoms with van der Waals surface area (Å²) in [5.74, 6) is 1.12. The molecule has 2 aromatic rings. The second-order valence-electron chi connectivity index (χ2n) is 10.3. The lowest BCUT2D eigenvalue weighted by Gasteiger charge is -2.29. The van der Waals surface area contributed by atoms with E-state index in [0.29, 0.717) is 22.9 Å². The predicted octanol–water partition coefficient (Wildman–Crippen LogP) is 3.70. The lowest BCUT2D eigenvalue weighted by Crippen LogP contribution is -2.43. The van der Waals surface area contributed by atoms with Crippen LogP contribution in [0.15, 0.2) is 29.0 Å². The molecule has 4 rings (SSSR count). The molecular weight excluding hydrogens is 466 g/mol. The zero-order valence-corrected chi connectivity index (χ0v) is 22.8. The van der Waals surface area contributed by atoms with Gasteiger partial charge in [0, 0.05) is 41.8 Å². The summed E-state index contributed by atoms with van der Waals surface area (Å²) in [7, 11) is 5.50. The molecule has 2 aliphatic rings. The number of hydrogen-bond donors (Lipinski definition) is 3. The number of ether oxygens (including phenoxy) is 1. The van der Waals surface area contributed by atoms with Crippen LogP contribution in [0.5, 0.6) is 5.75 Å². The number of piperidine rings is 1. The summed E-state index contributed by atoms with van der Waals surface area (Å²) in [5, 5.41) is 6.49. The quantitative estimate of drug-likeness (QED) is 0.491. The highest BCUT2D eigenvalue weighted by Gasteiger charge is 2.26. The minimum atomic E-state index is -0.0766. The molecule has 2 heterocycles. The van der Waals surface area contributed by atoms with Gasteiger partial charge in [0.25, 0.3) is 5.91 Å². The Bertz CT molecular complexity index is 1230. The lowest BCUT2D eigenvalue weighted by atomic mass is 9.87. The van der Waals surface area contributed by atoms with Gasteiger partial charge in [-0.2, -0.15) is 0 Å². The zero-order valence-electron chi connectivity index (χ0n) is 22.8. The maximum Gasteiger partial charge on any atom is 0.251 e. The van der Waals surface area contributed by atoms with E-state index in [0.717, 1.165) is 72.6 Å². The number of carbonyl (C=O) groups excluding carboxylic acids is 1. The van der Waals surface area contributed by atoms with E-state index >= 15 is 0 Å². The number of methoxy groups -OCH3 is 1. The highest BCUT2D eigenvalue weighted by molar-refractivity contribution is 6.25. The fourth-order valence-corrected chi connectivity index (χ4v) is 5.09. The number of aryl methyl sites for hydroxylation is 2. The van der Waals surface area contributed by atoms with E-state index in [-0.39, 0.29) is 17.9 Å². The summed E-state index contributed by atoms with van der Waals surface area (Å²) in [6.07, 6.45) is 5.32. The average molecular weight is 506 g/mol. The number of nitrogens with zero attached hydrogens (tertiary/aromatic N) is 4. The van der Waals surface area contributed by atoms with Crippen molar-refractivity contribution in [1.29, 1.82) is 0 Å². The number of hydrogen-bond acceptors (Lipinski definition) is 8. The van der Waals surface area contributed by atoms with Gasteiger partial charge in [-0.3, -0.25) is 9.79 Å². The average Bonchev–Trinajstić information content (AvgIpc) is 2.87. The van der Waals surface area contributed by atoms with Crippen molar-refractivity contribution in [3.63, 3.8) is 0 Å². The number of allylic oxidation sites excluding steroid dienone is 2. The third kappa shape index (κ3) is 5.77. The number of likely N-dealkylation sites (tertiary alicyclic amines) is 1. The van der Waals surface area contributed by atoms with E-state index in [4.69, 9.17) is 15.5 Å². The number of benzene rings is 1. The number of aliphatic imine (C=N–C) groups is 1. The van der Waals surface area contributed by atoms with Gasteiger partial charge in [-0.1, -0.05) is 13.8 Å². The topological polar surface area (TPSA) is 118 Å². The molecule has 1 aromatic carbocycles. The second-order valence-corrected chi connectivity index (χ2v) is 10.3. The van der Waals surface area contributed by atoms with Gasteiger partial charge in [-0.15, -0.1) is 0 Å². The van der Waals surface area contributed by atoms with Gasteiger partial charge < -0.3 is 26.0 Å². The van der Waals surface area contributed by atoms with Crippen LogP contribution in [-0.2, 0) is 6.42 Å². The van der Waals surface area contributed by atoms with Gasteiger partial charge in [0.15, 0.2) is 0 Å². The molecule has 1 amide bonds. The largest absolute Gasteiger partial charge is 0.495 e. The van der Waals surface area contributed by atoms with Crippen molar-refractivity contribution in [2.45, 2.75) is 52.5 Å². The van der Waals surface area contributed by atoms with Crippen LogP contribution in [-0.4, -0.2) is 66.8 Å². The van der Waals surface area contributed by atoms with Crippen molar-refractivity contribution in [2.24, 2.45) is 16.6 Å². The Balaban J connectivity index is 1.60. The Morgan fingerprint density at radius 1 is 1.24 bits per heavy atom. The molecule has 9 heteroatoms. The molecule has 1 aliphatic heterocycles. The molecule has 9 nitrogen and oxygen atoms in total. The monoisotopic (exact) mass is 505 g/mol. The standard InChI is InChI=1S/C28H39N7O2/c1-16(2)25(30-4)24-21(29)8-7-18-15-31-28(34-26(18)24)33-22-13-17(3)20(14-23(22)37-6)27(36)32-19-9-11-35(5)12-10-19/h13-16,19H,7-12,29H2,1-6H3,(H,32,36)(H,31,33,34). The second kappa shape index (κ2) is 11.3. The molecule has 1 aromatic heterocycles.